The molecule has 0 radical (unpaired) electrons. The molecule has 0 heterocycles. The normalized spacial score (nSPS) is 14.5. The van der Waals surface area contributed by atoms with E-state index in [1.165, 1.54) is 17.0 Å². The Morgan fingerprint density at radius 3 is 2.33 bits per heavy atom. The summed E-state index contributed by atoms with van der Waals surface area (Å²) in [4.78, 5) is 29.1. The summed E-state index contributed by atoms with van der Waals surface area (Å²) < 4.78 is 29.5. The summed E-state index contributed by atoms with van der Waals surface area (Å²) in [6, 6.07) is 21.2. The number of carbonyl (C=O) groups is 2. The summed E-state index contributed by atoms with van der Waals surface area (Å²) >= 11 is 9.87. The Hall–Kier alpha value is -2.88. The lowest BCUT2D eigenvalue weighted by Gasteiger charge is -2.34. The minimum Gasteiger partial charge on any atom is -0.352 e. The smallest absolute Gasteiger partial charge is 0.264 e. The first-order valence-electron chi connectivity index (χ1n) is 13.4. The van der Waals surface area contributed by atoms with Crippen LogP contribution in [0.15, 0.2) is 88.2 Å². The first-order chi connectivity index (χ1) is 19.2. The molecule has 212 valence electrons. The van der Waals surface area contributed by atoms with Crippen molar-refractivity contribution in [1.29, 1.82) is 0 Å². The fourth-order valence-electron chi connectivity index (χ4n) is 4.98. The summed E-state index contributed by atoms with van der Waals surface area (Å²) in [6.07, 6.45) is 4.29. The Morgan fingerprint density at radius 1 is 1.00 bits per heavy atom. The number of rotatable bonds is 11. The van der Waals surface area contributed by atoms with Crippen LogP contribution in [0.1, 0.15) is 44.6 Å². The molecule has 1 atom stereocenters. The van der Waals surface area contributed by atoms with Crippen molar-refractivity contribution in [3.63, 3.8) is 0 Å². The summed E-state index contributed by atoms with van der Waals surface area (Å²) in [5.41, 5.74) is 0.997. The zero-order valence-corrected chi connectivity index (χ0v) is 25.5. The van der Waals surface area contributed by atoms with Crippen molar-refractivity contribution in [3.05, 3.63) is 93.9 Å². The lowest BCUT2D eigenvalue weighted by molar-refractivity contribution is -0.140. The minimum atomic E-state index is -4.11. The van der Waals surface area contributed by atoms with Crippen LogP contribution in [0.25, 0.3) is 0 Å². The van der Waals surface area contributed by atoms with E-state index in [0.29, 0.717) is 27.2 Å². The van der Waals surface area contributed by atoms with E-state index >= 15 is 0 Å². The van der Waals surface area contributed by atoms with Crippen LogP contribution in [0.4, 0.5) is 5.69 Å². The Kier molecular flexibility index (Phi) is 10.3. The van der Waals surface area contributed by atoms with Crippen molar-refractivity contribution < 1.29 is 18.0 Å². The highest BCUT2D eigenvalue weighted by molar-refractivity contribution is 9.10. The standard InChI is InChI=1S/C30H33BrClN3O4S/c1-2-28(30(37)33-24-13-7-8-14-24)34(20-22-11-6-9-18-27(22)32)29(36)21-35(25-15-10-12-23(31)19-25)40(38,39)26-16-4-3-5-17-26/h3-6,9-12,15-19,24,28H,2,7-8,13-14,20-21H2,1H3,(H,33,37)/t28-/m1/s1. The predicted molar refractivity (Wildman–Crippen MR) is 162 cm³/mol. The Morgan fingerprint density at radius 2 is 1.68 bits per heavy atom. The number of amides is 2. The third-order valence-corrected chi connectivity index (χ3v) is 9.74. The number of nitrogens with one attached hydrogen (secondary N) is 1. The summed E-state index contributed by atoms with van der Waals surface area (Å²) in [5.74, 6) is -0.748. The van der Waals surface area contributed by atoms with E-state index in [0.717, 1.165) is 30.0 Å². The zero-order chi connectivity index (χ0) is 28.7. The number of halogens is 2. The predicted octanol–water partition coefficient (Wildman–Crippen LogP) is 6.16. The molecule has 0 aromatic heterocycles. The Balaban J connectivity index is 1.71. The van der Waals surface area contributed by atoms with Crippen LogP contribution in [0.3, 0.4) is 0 Å². The molecular weight excluding hydrogens is 614 g/mol. The minimum absolute atomic E-state index is 0.0615. The average molecular weight is 647 g/mol. The van der Waals surface area contributed by atoms with Gasteiger partial charge < -0.3 is 10.2 Å². The van der Waals surface area contributed by atoms with Gasteiger partial charge in [0.1, 0.15) is 12.6 Å². The highest BCUT2D eigenvalue weighted by atomic mass is 79.9. The van der Waals surface area contributed by atoms with E-state index in [4.69, 9.17) is 11.6 Å². The van der Waals surface area contributed by atoms with Crippen molar-refractivity contribution in [3.8, 4) is 0 Å². The van der Waals surface area contributed by atoms with Gasteiger partial charge in [0.05, 0.1) is 10.6 Å². The van der Waals surface area contributed by atoms with Crippen molar-refractivity contribution >= 4 is 55.1 Å². The number of nitrogens with zero attached hydrogens (tertiary/aromatic N) is 2. The number of hydrogen-bond donors (Lipinski definition) is 1. The van der Waals surface area contributed by atoms with Gasteiger partial charge in [0.15, 0.2) is 0 Å². The van der Waals surface area contributed by atoms with E-state index in [1.807, 2.05) is 13.0 Å². The average Bonchev–Trinajstić information content (AvgIpc) is 3.46. The van der Waals surface area contributed by atoms with E-state index in [2.05, 4.69) is 21.2 Å². The molecule has 0 spiro atoms. The first kappa shape index (κ1) is 30.1. The van der Waals surface area contributed by atoms with Crippen LogP contribution in [0.2, 0.25) is 5.02 Å². The quantitative estimate of drug-likeness (QED) is 0.270. The lowest BCUT2D eigenvalue weighted by atomic mass is 10.1. The molecule has 4 rings (SSSR count). The molecule has 0 saturated heterocycles. The van der Waals surface area contributed by atoms with Crippen LogP contribution >= 0.6 is 27.5 Å². The summed E-state index contributed by atoms with van der Waals surface area (Å²) in [7, 11) is -4.11. The fraction of sp³-hybridized carbons (Fsp3) is 0.333. The third kappa shape index (κ3) is 7.25. The topological polar surface area (TPSA) is 86.8 Å². The van der Waals surface area contributed by atoms with Gasteiger partial charge >= 0.3 is 0 Å². The fourth-order valence-corrected chi connectivity index (χ4v) is 6.99. The molecule has 0 unspecified atom stereocenters. The molecule has 3 aromatic carbocycles. The maximum absolute atomic E-state index is 14.1. The summed E-state index contributed by atoms with van der Waals surface area (Å²) in [6.45, 7) is 1.41. The van der Waals surface area contributed by atoms with Crippen molar-refractivity contribution in [2.45, 2.75) is 62.6 Å². The SMILES string of the molecule is CC[C@H](C(=O)NC1CCCC1)N(Cc1ccccc1Cl)C(=O)CN(c1cccc(Br)c1)S(=O)(=O)c1ccccc1. The second kappa shape index (κ2) is 13.7. The number of carbonyl (C=O) groups excluding carboxylic acids is 2. The van der Waals surface area contributed by atoms with Crippen LogP contribution in [0, 0.1) is 0 Å². The summed E-state index contributed by atoms with van der Waals surface area (Å²) in [5, 5.41) is 3.58. The van der Waals surface area contributed by atoms with Gasteiger partial charge in [-0.1, -0.05) is 89.8 Å². The number of hydrogen-bond acceptors (Lipinski definition) is 4. The van der Waals surface area contributed by atoms with Crippen molar-refractivity contribution in [2.24, 2.45) is 0 Å². The van der Waals surface area contributed by atoms with Crippen molar-refractivity contribution in [2.75, 3.05) is 10.8 Å². The van der Waals surface area contributed by atoms with Crippen LogP contribution in [0.5, 0.6) is 0 Å². The Bertz CT molecular complexity index is 1430. The second-order valence-electron chi connectivity index (χ2n) is 9.83. The molecule has 1 aliphatic rings. The number of benzene rings is 3. The van der Waals surface area contributed by atoms with Crippen LogP contribution in [-0.4, -0.2) is 43.8 Å². The highest BCUT2D eigenvalue weighted by Gasteiger charge is 2.34. The van der Waals surface area contributed by atoms with E-state index in [-0.39, 0.29) is 23.4 Å². The molecule has 0 bridgehead atoms. The maximum Gasteiger partial charge on any atom is 0.264 e. The van der Waals surface area contributed by atoms with E-state index in [1.54, 1.807) is 60.7 Å². The van der Waals surface area contributed by atoms with E-state index in [9.17, 15) is 18.0 Å². The lowest BCUT2D eigenvalue weighted by Crippen LogP contribution is -2.53. The Labute approximate surface area is 249 Å². The van der Waals surface area contributed by atoms with Gasteiger partial charge in [-0.3, -0.25) is 13.9 Å². The molecule has 1 saturated carbocycles. The van der Waals surface area contributed by atoms with E-state index < -0.39 is 28.5 Å². The highest BCUT2D eigenvalue weighted by Crippen LogP contribution is 2.28. The van der Waals surface area contributed by atoms with Crippen LogP contribution in [-0.2, 0) is 26.2 Å². The van der Waals surface area contributed by atoms with Crippen molar-refractivity contribution in [1.82, 2.24) is 10.2 Å². The maximum atomic E-state index is 14.1. The van der Waals surface area contributed by atoms with Gasteiger partial charge in [0.25, 0.3) is 10.0 Å². The molecule has 7 nitrogen and oxygen atoms in total. The molecular formula is C30H33BrClN3O4S. The molecule has 0 aliphatic heterocycles. The molecule has 10 heteroatoms. The largest absolute Gasteiger partial charge is 0.352 e. The van der Waals surface area contributed by atoms with Crippen LogP contribution < -0.4 is 9.62 Å². The van der Waals surface area contributed by atoms with Gasteiger partial charge in [0.2, 0.25) is 11.8 Å². The molecule has 1 fully saturated rings. The zero-order valence-electron chi connectivity index (χ0n) is 22.3. The first-order valence-corrected chi connectivity index (χ1v) is 16.0. The molecule has 2 amide bonds. The third-order valence-electron chi connectivity index (χ3n) is 7.09. The van der Waals surface area contributed by atoms with Gasteiger partial charge in [0, 0.05) is 22.1 Å². The second-order valence-corrected chi connectivity index (χ2v) is 13.0. The van der Waals surface area contributed by atoms with Gasteiger partial charge in [-0.25, -0.2) is 8.42 Å². The molecule has 3 aromatic rings. The van der Waals surface area contributed by atoms with Gasteiger partial charge in [-0.05, 0) is 61.2 Å². The molecule has 1 aliphatic carbocycles. The number of anilines is 1. The molecule has 40 heavy (non-hydrogen) atoms. The monoisotopic (exact) mass is 645 g/mol. The molecule has 1 N–H and O–H groups in total. The number of sulfonamides is 1. The van der Waals surface area contributed by atoms with Gasteiger partial charge in [-0.15, -0.1) is 0 Å². The van der Waals surface area contributed by atoms with Gasteiger partial charge in [-0.2, -0.15) is 0 Å².